The zero-order valence-electron chi connectivity index (χ0n) is 10.1. The van der Waals surface area contributed by atoms with Gasteiger partial charge in [-0.1, -0.05) is 12.1 Å². The van der Waals surface area contributed by atoms with Crippen molar-refractivity contribution in [2.45, 2.75) is 57.5 Å². The van der Waals surface area contributed by atoms with Crippen LogP contribution in [0.1, 0.15) is 44.4 Å². The average molecular weight is 237 g/mol. The van der Waals surface area contributed by atoms with Gasteiger partial charge < -0.3 is 9.84 Å². The molecule has 3 rings (SSSR count). The molecule has 2 fully saturated rings. The lowest BCUT2D eigenvalue weighted by atomic mass is 9.84. The van der Waals surface area contributed by atoms with E-state index in [0.29, 0.717) is 6.10 Å². The fourth-order valence-corrected chi connectivity index (χ4v) is 3.11. The molecule has 1 aromatic rings. The third kappa shape index (κ3) is 1.87. The fourth-order valence-electron chi connectivity index (χ4n) is 3.11. The lowest BCUT2D eigenvalue weighted by molar-refractivity contribution is 0.0379. The molecule has 2 aliphatic rings. The molecule has 0 aliphatic carbocycles. The van der Waals surface area contributed by atoms with E-state index in [9.17, 15) is 5.11 Å². The van der Waals surface area contributed by atoms with Gasteiger partial charge in [0.15, 0.2) is 0 Å². The molecule has 0 aromatic carbocycles. The number of aliphatic hydroxyl groups excluding tert-OH is 1. The summed E-state index contributed by atoms with van der Waals surface area (Å²) < 4.78 is 7.61. The van der Waals surface area contributed by atoms with Gasteiger partial charge in [0, 0.05) is 12.5 Å². The molecule has 5 heteroatoms. The first-order chi connectivity index (χ1) is 8.29. The Hall–Kier alpha value is -0.940. The minimum absolute atomic E-state index is 0.225. The van der Waals surface area contributed by atoms with Crippen LogP contribution in [0.2, 0.25) is 0 Å². The second kappa shape index (κ2) is 4.38. The van der Waals surface area contributed by atoms with Crippen LogP contribution < -0.4 is 0 Å². The van der Waals surface area contributed by atoms with E-state index in [1.54, 1.807) is 6.20 Å². The highest BCUT2D eigenvalue weighted by atomic mass is 16.5. The Kier molecular flexibility index (Phi) is 2.88. The van der Waals surface area contributed by atoms with Gasteiger partial charge in [-0.3, -0.25) is 0 Å². The van der Waals surface area contributed by atoms with Crippen molar-refractivity contribution in [1.82, 2.24) is 15.0 Å². The van der Waals surface area contributed by atoms with Crippen molar-refractivity contribution in [2.75, 3.05) is 0 Å². The summed E-state index contributed by atoms with van der Waals surface area (Å²) in [7, 11) is 0. The lowest BCUT2D eigenvalue weighted by Gasteiger charge is -2.24. The van der Waals surface area contributed by atoms with Gasteiger partial charge in [0.25, 0.3) is 0 Å². The quantitative estimate of drug-likeness (QED) is 0.857. The lowest BCUT2D eigenvalue weighted by Crippen LogP contribution is -2.25. The van der Waals surface area contributed by atoms with E-state index in [0.717, 1.165) is 37.9 Å². The second-order valence-electron chi connectivity index (χ2n) is 5.10. The van der Waals surface area contributed by atoms with Gasteiger partial charge in [-0.2, -0.15) is 0 Å². The standard InChI is InChI=1S/C12H19N3O2/c1-2-5-15-10(7-13-14-15)12(16)9-6-8-3-4-11(9)17-8/h7-9,11-12,16H,2-6H2,1H3. The van der Waals surface area contributed by atoms with Gasteiger partial charge in [-0.25, -0.2) is 4.68 Å². The average Bonchev–Trinajstić information content (AvgIpc) is 3.03. The number of aliphatic hydroxyl groups is 1. The maximum absolute atomic E-state index is 10.5. The van der Waals surface area contributed by atoms with E-state index in [4.69, 9.17) is 4.74 Å². The smallest absolute Gasteiger partial charge is 0.103 e. The maximum atomic E-state index is 10.5. The Morgan fingerprint density at radius 1 is 1.59 bits per heavy atom. The number of aromatic nitrogens is 3. The highest BCUT2D eigenvalue weighted by molar-refractivity contribution is 5.05. The van der Waals surface area contributed by atoms with Crippen LogP contribution in [-0.2, 0) is 11.3 Å². The van der Waals surface area contributed by atoms with Crippen LogP contribution in [0.5, 0.6) is 0 Å². The predicted octanol–water partition coefficient (Wildman–Crippen LogP) is 1.29. The van der Waals surface area contributed by atoms with Crippen molar-refractivity contribution < 1.29 is 9.84 Å². The van der Waals surface area contributed by atoms with Crippen LogP contribution in [-0.4, -0.2) is 32.3 Å². The van der Waals surface area contributed by atoms with Gasteiger partial charge in [0.1, 0.15) is 6.10 Å². The molecule has 17 heavy (non-hydrogen) atoms. The summed E-state index contributed by atoms with van der Waals surface area (Å²) in [6.45, 7) is 2.91. The van der Waals surface area contributed by atoms with E-state index < -0.39 is 6.10 Å². The Morgan fingerprint density at radius 2 is 2.47 bits per heavy atom. The van der Waals surface area contributed by atoms with E-state index >= 15 is 0 Å². The van der Waals surface area contributed by atoms with E-state index in [-0.39, 0.29) is 12.0 Å². The first kappa shape index (κ1) is 11.2. The van der Waals surface area contributed by atoms with E-state index in [2.05, 4.69) is 17.2 Å². The van der Waals surface area contributed by atoms with E-state index in [1.807, 2.05) is 4.68 Å². The van der Waals surface area contributed by atoms with Crippen LogP contribution in [0.15, 0.2) is 6.20 Å². The largest absolute Gasteiger partial charge is 0.386 e. The van der Waals surface area contributed by atoms with Crippen molar-refractivity contribution in [2.24, 2.45) is 5.92 Å². The van der Waals surface area contributed by atoms with Crippen LogP contribution in [0, 0.1) is 5.92 Å². The molecule has 4 unspecified atom stereocenters. The number of ether oxygens (including phenoxy) is 1. The Morgan fingerprint density at radius 3 is 3.12 bits per heavy atom. The molecule has 2 bridgehead atoms. The molecular formula is C12H19N3O2. The molecule has 1 N–H and O–H groups in total. The fraction of sp³-hybridized carbons (Fsp3) is 0.833. The van der Waals surface area contributed by atoms with Gasteiger partial charge >= 0.3 is 0 Å². The van der Waals surface area contributed by atoms with Gasteiger partial charge in [-0.05, 0) is 25.7 Å². The summed E-state index contributed by atoms with van der Waals surface area (Å²) in [5, 5.41) is 18.4. The SMILES string of the molecule is CCCn1nncc1C(O)C1CC2CCC1O2. The zero-order chi connectivity index (χ0) is 11.8. The first-order valence-electron chi connectivity index (χ1n) is 6.51. The Labute approximate surface area is 101 Å². The molecule has 4 atom stereocenters. The number of nitrogens with zero attached hydrogens (tertiary/aromatic N) is 3. The molecular weight excluding hydrogens is 218 g/mol. The van der Waals surface area contributed by atoms with Crippen molar-refractivity contribution in [3.05, 3.63) is 11.9 Å². The summed E-state index contributed by atoms with van der Waals surface area (Å²) in [5.74, 6) is 0.225. The van der Waals surface area contributed by atoms with Crippen molar-refractivity contribution in [3.8, 4) is 0 Å². The van der Waals surface area contributed by atoms with Gasteiger partial charge in [-0.15, -0.1) is 5.10 Å². The van der Waals surface area contributed by atoms with Crippen LogP contribution in [0.4, 0.5) is 0 Å². The number of hydrogen-bond donors (Lipinski definition) is 1. The molecule has 5 nitrogen and oxygen atoms in total. The molecule has 0 radical (unpaired) electrons. The van der Waals surface area contributed by atoms with Crippen molar-refractivity contribution in [3.63, 3.8) is 0 Å². The molecule has 3 heterocycles. The Bertz CT molecular complexity index is 393. The second-order valence-corrected chi connectivity index (χ2v) is 5.10. The van der Waals surface area contributed by atoms with Crippen LogP contribution >= 0.6 is 0 Å². The Balaban J connectivity index is 1.77. The molecule has 0 saturated carbocycles. The molecule has 2 aliphatic heterocycles. The molecule has 94 valence electrons. The molecule has 0 amide bonds. The normalized spacial score (nSPS) is 33.2. The first-order valence-corrected chi connectivity index (χ1v) is 6.51. The van der Waals surface area contributed by atoms with Crippen molar-refractivity contribution >= 4 is 0 Å². The highest BCUT2D eigenvalue weighted by Crippen LogP contribution is 2.44. The third-order valence-corrected chi connectivity index (χ3v) is 3.94. The number of aryl methyl sites for hydroxylation is 1. The predicted molar refractivity (Wildman–Crippen MR) is 61.3 cm³/mol. The van der Waals surface area contributed by atoms with Gasteiger partial charge in [0.2, 0.25) is 0 Å². The molecule has 1 aromatic heterocycles. The number of rotatable bonds is 4. The molecule has 2 saturated heterocycles. The summed E-state index contributed by atoms with van der Waals surface area (Å²) in [6.07, 6.45) is 6.02. The number of fused-ring (bicyclic) bond motifs is 2. The third-order valence-electron chi connectivity index (χ3n) is 3.94. The van der Waals surface area contributed by atoms with Crippen molar-refractivity contribution in [1.29, 1.82) is 0 Å². The summed E-state index contributed by atoms with van der Waals surface area (Å²) >= 11 is 0. The summed E-state index contributed by atoms with van der Waals surface area (Å²) in [4.78, 5) is 0. The zero-order valence-corrected chi connectivity index (χ0v) is 10.1. The molecule has 0 spiro atoms. The minimum atomic E-state index is -0.480. The topological polar surface area (TPSA) is 60.2 Å². The summed E-state index contributed by atoms with van der Waals surface area (Å²) in [6, 6.07) is 0. The summed E-state index contributed by atoms with van der Waals surface area (Å²) in [5.41, 5.74) is 0.841. The van der Waals surface area contributed by atoms with Crippen LogP contribution in [0.3, 0.4) is 0 Å². The monoisotopic (exact) mass is 237 g/mol. The maximum Gasteiger partial charge on any atom is 0.103 e. The van der Waals surface area contributed by atoms with Gasteiger partial charge in [0.05, 0.1) is 24.1 Å². The highest BCUT2D eigenvalue weighted by Gasteiger charge is 2.45. The minimum Gasteiger partial charge on any atom is -0.386 e. The van der Waals surface area contributed by atoms with Crippen LogP contribution in [0.25, 0.3) is 0 Å². The van der Waals surface area contributed by atoms with E-state index in [1.165, 1.54) is 0 Å². The number of hydrogen-bond acceptors (Lipinski definition) is 4.